The van der Waals surface area contributed by atoms with Crippen molar-refractivity contribution >= 4 is 17.2 Å². The largest absolute Gasteiger partial charge is 0.337 e. The number of benzene rings is 1. The summed E-state index contributed by atoms with van der Waals surface area (Å²) in [6.07, 6.45) is 11.5. The number of aromatic nitrogens is 5. The molecule has 0 spiro atoms. The van der Waals surface area contributed by atoms with E-state index in [1.165, 1.54) is 37.9 Å². The van der Waals surface area contributed by atoms with Crippen LogP contribution in [0.3, 0.4) is 0 Å². The summed E-state index contributed by atoms with van der Waals surface area (Å²) in [5.74, 6) is 0.753. The molecule has 3 aromatic heterocycles. The highest BCUT2D eigenvalue weighted by Crippen LogP contribution is 2.26. The Morgan fingerprint density at radius 3 is 2.66 bits per heavy atom. The van der Waals surface area contributed by atoms with Gasteiger partial charge in [-0.25, -0.2) is 9.97 Å². The van der Waals surface area contributed by atoms with E-state index < -0.39 is 0 Å². The van der Waals surface area contributed by atoms with E-state index >= 15 is 0 Å². The van der Waals surface area contributed by atoms with E-state index in [4.69, 9.17) is 0 Å². The van der Waals surface area contributed by atoms with Crippen LogP contribution in [0.25, 0.3) is 16.9 Å². The third-order valence-electron chi connectivity index (χ3n) is 5.48. The minimum Gasteiger partial charge on any atom is -0.337 e. The highest BCUT2D eigenvalue weighted by Gasteiger charge is 2.13. The summed E-state index contributed by atoms with van der Waals surface area (Å²) in [4.78, 5) is 11.8. The molecule has 0 atom stereocenters. The number of likely N-dealkylation sites (tertiary alicyclic amines) is 1. The molecule has 1 saturated heterocycles. The second kappa shape index (κ2) is 7.67. The van der Waals surface area contributed by atoms with Crippen molar-refractivity contribution in [2.24, 2.45) is 0 Å². The molecule has 1 fully saturated rings. The van der Waals surface area contributed by atoms with E-state index in [0.717, 1.165) is 40.6 Å². The van der Waals surface area contributed by atoms with Gasteiger partial charge in [0.25, 0.3) is 0 Å². The fourth-order valence-corrected chi connectivity index (χ4v) is 4.00. The fourth-order valence-electron chi connectivity index (χ4n) is 4.00. The molecular weight excluding hydrogens is 362 g/mol. The maximum atomic E-state index is 4.68. The standard InChI is InChI=1S/C22H25N7/c1-16-14-29-20(18-11-24-25-12-18)13-23-22(29)21(26-16)27-19-7-5-17(6-8-19)15-28-9-3-2-4-10-28/h5-8,11-14H,2-4,9-10,15H2,1H3,(H,24,25)(H,26,27). The number of hydrogen-bond donors (Lipinski definition) is 2. The molecule has 2 N–H and O–H groups in total. The molecule has 4 aromatic rings. The molecule has 4 heterocycles. The van der Waals surface area contributed by atoms with Gasteiger partial charge in [0.1, 0.15) is 0 Å². The van der Waals surface area contributed by atoms with Crippen LogP contribution in [0.15, 0.2) is 49.1 Å². The normalized spacial score (nSPS) is 15.1. The van der Waals surface area contributed by atoms with Crippen LogP contribution < -0.4 is 5.32 Å². The number of imidazole rings is 1. The molecule has 1 aromatic carbocycles. The molecule has 1 aliphatic rings. The van der Waals surface area contributed by atoms with Gasteiger partial charge in [0.05, 0.1) is 23.8 Å². The van der Waals surface area contributed by atoms with Crippen molar-refractivity contribution < 1.29 is 0 Å². The predicted octanol–water partition coefficient (Wildman–Crippen LogP) is 4.16. The third kappa shape index (κ3) is 3.73. The Balaban J connectivity index is 1.38. The Hall–Kier alpha value is -3.19. The second-order valence-electron chi connectivity index (χ2n) is 7.71. The molecule has 7 nitrogen and oxygen atoms in total. The van der Waals surface area contributed by atoms with Crippen LogP contribution in [0.5, 0.6) is 0 Å². The van der Waals surface area contributed by atoms with Crippen molar-refractivity contribution in [2.45, 2.75) is 32.7 Å². The first-order valence-corrected chi connectivity index (χ1v) is 10.2. The molecule has 0 radical (unpaired) electrons. The number of piperidine rings is 1. The molecule has 5 rings (SSSR count). The van der Waals surface area contributed by atoms with Gasteiger partial charge in [-0.05, 0) is 50.6 Å². The molecule has 148 valence electrons. The van der Waals surface area contributed by atoms with E-state index in [0.29, 0.717) is 0 Å². The number of H-pyrrole nitrogens is 1. The van der Waals surface area contributed by atoms with Crippen molar-refractivity contribution in [3.63, 3.8) is 0 Å². The lowest BCUT2D eigenvalue weighted by atomic mass is 10.1. The molecule has 0 unspecified atom stereocenters. The molecule has 0 saturated carbocycles. The van der Waals surface area contributed by atoms with Crippen LogP contribution in [0.4, 0.5) is 11.5 Å². The highest BCUT2D eigenvalue weighted by atomic mass is 15.1. The Labute approximate surface area is 169 Å². The second-order valence-corrected chi connectivity index (χ2v) is 7.71. The zero-order valence-corrected chi connectivity index (χ0v) is 16.6. The summed E-state index contributed by atoms with van der Waals surface area (Å²) >= 11 is 0. The van der Waals surface area contributed by atoms with Crippen LogP contribution in [0, 0.1) is 6.92 Å². The van der Waals surface area contributed by atoms with Crippen LogP contribution in [0.2, 0.25) is 0 Å². The Bertz CT molecular complexity index is 1090. The first kappa shape index (κ1) is 17.9. The van der Waals surface area contributed by atoms with Crippen molar-refractivity contribution in [3.05, 3.63) is 60.3 Å². The summed E-state index contributed by atoms with van der Waals surface area (Å²) in [7, 11) is 0. The van der Waals surface area contributed by atoms with Gasteiger partial charge in [-0.2, -0.15) is 5.10 Å². The van der Waals surface area contributed by atoms with E-state index in [1.54, 1.807) is 6.20 Å². The molecule has 7 heteroatoms. The molecule has 29 heavy (non-hydrogen) atoms. The SMILES string of the molecule is Cc1cn2c(-c3cn[nH]c3)cnc2c(Nc2ccc(CN3CCCCC3)cc2)n1. The van der Waals surface area contributed by atoms with Gasteiger partial charge in [-0.1, -0.05) is 18.6 Å². The van der Waals surface area contributed by atoms with Gasteiger partial charge in [-0.3, -0.25) is 14.4 Å². The zero-order valence-electron chi connectivity index (χ0n) is 16.6. The molecule has 0 aliphatic carbocycles. The Morgan fingerprint density at radius 2 is 1.90 bits per heavy atom. The van der Waals surface area contributed by atoms with Gasteiger partial charge in [-0.15, -0.1) is 0 Å². The lowest BCUT2D eigenvalue weighted by Gasteiger charge is -2.26. The summed E-state index contributed by atoms with van der Waals surface area (Å²) in [5, 5.41) is 10.4. The fraction of sp³-hybridized carbons (Fsp3) is 0.318. The first-order chi connectivity index (χ1) is 14.3. The number of rotatable bonds is 5. The van der Waals surface area contributed by atoms with E-state index in [2.05, 4.69) is 59.0 Å². The molecule has 0 bridgehead atoms. The van der Waals surface area contributed by atoms with Crippen LogP contribution >= 0.6 is 0 Å². The van der Waals surface area contributed by atoms with Crippen molar-refractivity contribution in [2.75, 3.05) is 18.4 Å². The molecule has 1 aliphatic heterocycles. The summed E-state index contributed by atoms with van der Waals surface area (Å²) in [6.45, 7) is 5.45. The van der Waals surface area contributed by atoms with E-state index in [-0.39, 0.29) is 0 Å². The highest BCUT2D eigenvalue weighted by molar-refractivity contribution is 5.74. The van der Waals surface area contributed by atoms with Crippen molar-refractivity contribution in [1.82, 2.24) is 29.5 Å². The van der Waals surface area contributed by atoms with Gasteiger partial charge in [0.15, 0.2) is 11.5 Å². The molecule has 0 amide bonds. The summed E-state index contributed by atoms with van der Waals surface area (Å²) < 4.78 is 2.06. The number of hydrogen-bond acceptors (Lipinski definition) is 5. The van der Waals surface area contributed by atoms with Crippen molar-refractivity contribution in [3.8, 4) is 11.3 Å². The van der Waals surface area contributed by atoms with Crippen LogP contribution in [-0.2, 0) is 6.54 Å². The number of nitrogens with zero attached hydrogens (tertiary/aromatic N) is 5. The summed E-state index contributed by atoms with van der Waals surface area (Å²) in [6, 6.07) is 8.65. The average Bonchev–Trinajstić information content (AvgIpc) is 3.40. The number of fused-ring (bicyclic) bond motifs is 1. The lowest BCUT2D eigenvalue weighted by Crippen LogP contribution is -2.29. The van der Waals surface area contributed by atoms with E-state index in [9.17, 15) is 0 Å². The number of aromatic amines is 1. The summed E-state index contributed by atoms with van der Waals surface area (Å²) in [5.41, 5.74) is 6.06. The molecular formula is C22H25N7. The third-order valence-corrected chi connectivity index (χ3v) is 5.48. The van der Waals surface area contributed by atoms with Gasteiger partial charge in [0, 0.05) is 30.2 Å². The minimum atomic E-state index is 0.753. The quantitative estimate of drug-likeness (QED) is 0.538. The van der Waals surface area contributed by atoms with E-state index in [1.807, 2.05) is 25.5 Å². The van der Waals surface area contributed by atoms with Crippen LogP contribution in [0.1, 0.15) is 30.5 Å². The zero-order chi connectivity index (χ0) is 19.6. The lowest BCUT2D eigenvalue weighted by molar-refractivity contribution is 0.221. The number of nitrogens with one attached hydrogen (secondary N) is 2. The monoisotopic (exact) mass is 387 g/mol. The van der Waals surface area contributed by atoms with Crippen LogP contribution in [-0.4, -0.2) is 42.6 Å². The smallest absolute Gasteiger partial charge is 0.180 e. The van der Waals surface area contributed by atoms with Gasteiger partial charge in [0.2, 0.25) is 0 Å². The first-order valence-electron chi connectivity index (χ1n) is 10.2. The van der Waals surface area contributed by atoms with Gasteiger partial charge < -0.3 is 5.32 Å². The maximum Gasteiger partial charge on any atom is 0.180 e. The van der Waals surface area contributed by atoms with Gasteiger partial charge >= 0.3 is 0 Å². The Morgan fingerprint density at radius 1 is 1.07 bits per heavy atom. The predicted molar refractivity (Wildman–Crippen MR) is 114 cm³/mol. The minimum absolute atomic E-state index is 0.753. The number of aryl methyl sites for hydroxylation is 1. The topological polar surface area (TPSA) is 74.1 Å². The number of anilines is 2. The average molecular weight is 387 g/mol. The maximum absolute atomic E-state index is 4.68. The Kier molecular flexibility index (Phi) is 4.73. The van der Waals surface area contributed by atoms with Crippen molar-refractivity contribution in [1.29, 1.82) is 0 Å².